The lowest BCUT2D eigenvalue weighted by Gasteiger charge is -2.34. The number of rotatable bonds is 6. The second-order valence-electron chi connectivity index (χ2n) is 4.76. The molecule has 1 atom stereocenters. The highest BCUT2D eigenvalue weighted by Gasteiger charge is 2.19. The molecule has 3 nitrogen and oxygen atoms in total. The van der Waals surface area contributed by atoms with Gasteiger partial charge in [0.2, 0.25) is 0 Å². The van der Waals surface area contributed by atoms with E-state index < -0.39 is 5.97 Å². The first-order valence-electron chi connectivity index (χ1n) is 6.25. The highest BCUT2D eigenvalue weighted by Crippen LogP contribution is 2.19. The minimum atomic E-state index is -0.692. The molecule has 0 aromatic rings. The molecule has 0 radical (unpaired) electrons. The molecule has 1 N–H and O–H groups in total. The Kier molecular flexibility index (Phi) is 5.53. The molecule has 0 amide bonds. The molecule has 1 aliphatic rings. The van der Waals surface area contributed by atoms with E-state index in [1.165, 1.54) is 19.3 Å². The van der Waals surface area contributed by atoms with Crippen molar-refractivity contribution in [2.24, 2.45) is 0 Å². The summed E-state index contributed by atoms with van der Waals surface area (Å²) in [6.07, 6.45) is 9.21. The first-order chi connectivity index (χ1) is 7.61. The predicted octanol–water partition coefficient (Wildman–Crippen LogP) is 2.67. The van der Waals surface area contributed by atoms with Gasteiger partial charge in [-0.15, -0.1) is 0 Å². The van der Waals surface area contributed by atoms with Crippen molar-refractivity contribution in [1.82, 2.24) is 4.90 Å². The maximum absolute atomic E-state index is 10.5. The number of carbonyl (C=O) groups is 1. The van der Waals surface area contributed by atoms with Gasteiger partial charge in [-0.3, -0.25) is 9.69 Å². The number of carboxylic acid groups (broad SMARTS) is 1. The van der Waals surface area contributed by atoms with Crippen LogP contribution in [0, 0.1) is 0 Å². The summed E-state index contributed by atoms with van der Waals surface area (Å²) in [4.78, 5) is 12.9. The van der Waals surface area contributed by atoms with E-state index in [-0.39, 0.29) is 6.42 Å². The number of nitrogens with zero attached hydrogens (tertiary/aromatic N) is 1. The van der Waals surface area contributed by atoms with Gasteiger partial charge in [0.25, 0.3) is 0 Å². The molecular weight excluding hydrogens is 202 g/mol. The van der Waals surface area contributed by atoms with Crippen molar-refractivity contribution in [3.63, 3.8) is 0 Å². The van der Waals surface area contributed by atoms with E-state index in [4.69, 9.17) is 5.11 Å². The molecule has 0 heterocycles. The normalized spacial score (nSPS) is 20.6. The Bertz CT molecular complexity index is 248. The molecule has 0 fully saturated rings. The fourth-order valence-corrected chi connectivity index (χ4v) is 2.29. The second-order valence-corrected chi connectivity index (χ2v) is 4.76. The van der Waals surface area contributed by atoms with Gasteiger partial charge in [-0.2, -0.15) is 0 Å². The molecular formula is C13H23NO2. The fourth-order valence-electron chi connectivity index (χ4n) is 2.29. The third-order valence-electron chi connectivity index (χ3n) is 3.13. The van der Waals surface area contributed by atoms with E-state index >= 15 is 0 Å². The smallest absolute Gasteiger partial charge is 0.303 e. The molecule has 0 bridgehead atoms. The van der Waals surface area contributed by atoms with Crippen LogP contribution in [-0.2, 0) is 4.79 Å². The lowest BCUT2D eigenvalue weighted by molar-refractivity contribution is -0.137. The largest absolute Gasteiger partial charge is 0.481 e. The van der Waals surface area contributed by atoms with Crippen molar-refractivity contribution in [1.29, 1.82) is 0 Å². The minimum Gasteiger partial charge on any atom is -0.481 e. The summed E-state index contributed by atoms with van der Waals surface area (Å²) in [6, 6.07) is 1.00. The first-order valence-corrected chi connectivity index (χ1v) is 6.25. The maximum atomic E-state index is 10.5. The molecule has 1 unspecified atom stereocenters. The van der Waals surface area contributed by atoms with Gasteiger partial charge in [-0.1, -0.05) is 12.2 Å². The third kappa shape index (κ3) is 4.35. The molecule has 0 aromatic carbocycles. The Morgan fingerprint density at radius 3 is 2.81 bits per heavy atom. The van der Waals surface area contributed by atoms with E-state index in [0.29, 0.717) is 12.1 Å². The summed E-state index contributed by atoms with van der Waals surface area (Å²) < 4.78 is 0. The first kappa shape index (κ1) is 13.2. The van der Waals surface area contributed by atoms with Crippen LogP contribution in [0.25, 0.3) is 0 Å². The lowest BCUT2D eigenvalue weighted by Crippen LogP contribution is -2.40. The van der Waals surface area contributed by atoms with Crippen LogP contribution in [0.15, 0.2) is 12.2 Å². The van der Waals surface area contributed by atoms with Gasteiger partial charge < -0.3 is 5.11 Å². The van der Waals surface area contributed by atoms with Crippen LogP contribution in [0.5, 0.6) is 0 Å². The van der Waals surface area contributed by atoms with E-state index in [2.05, 4.69) is 30.9 Å². The molecule has 0 saturated heterocycles. The third-order valence-corrected chi connectivity index (χ3v) is 3.13. The van der Waals surface area contributed by atoms with Crippen LogP contribution in [-0.4, -0.2) is 34.6 Å². The van der Waals surface area contributed by atoms with Crippen molar-refractivity contribution in [3.8, 4) is 0 Å². The molecule has 0 aromatic heterocycles. The Labute approximate surface area is 98.1 Å². The molecule has 1 rings (SSSR count). The minimum absolute atomic E-state index is 0.277. The van der Waals surface area contributed by atoms with Gasteiger partial charge >= 0.3 is 5.97 Å². The summed E-state index contributed by atoms with van der Waals surface area (Å²) in [5.74, 6) is -0.692. The highest BCUT2D eigenvalue weighted by molar-refractivity contribution is 5.66. The summed E-state index contributed by atoms with van der Waals surface area (Å²) in [5.41, 5.74) is 0. The molecule has 0 aliphatic heterocycles. The van der Waals surface area contributed by atoms with E-state index in [9.17, 15) is 4.79 Å². The van der Waals surface area contributed by atoms with Crippen molar-refractivity contribution in [2.45, 2.75) is 58.0 Å². The highest BCUT2D eigenvalue weighted by atomic mass is 16.4. The van der Waals surface area contributed by atoms with Crippen molar-refractivity contribution in [3.05, 3.63) is 12.2 Å². The Morgan fingerprint density at radius 1 is 1.56 bits per heavy atom. The molecule has 1 aliphatic carbocycles. The molecule has 3 heteroatoms. The standard InChI is InChI=1S/C13H23NO2/c1-11(2)14(10-6-9-13(15)16)12-7-4-3-5-8-12/h4,7,11-12H,3,5-6,8-10H2,1-2H3,(H,15,16). The van der Waals surface area contributed by atoms with E-state index in [1.807, 2.05) is 0 Å². The molecule has 0 saturated carbocycles. The summed E-state index contributed by atoms with van der Waals surface area (Å²) in [5, 5.41) is 8.64. The second kappa shape index (κ2) is 6.69. The van der Waals surface area contributed by atoms with Gasteiger partial charge in [0.15, 0.2) is 0 Å². The van der Waals surface area contributed by atoms with Crippen molar-refractivity contribution >= 4 is 5.97 Å². The Balaban J connectivity index is 2.43. The number of aliphatic carboxylic acids is 1. The monoisotopic (exact) mass is 225 g/mol. The van der Waals surface area contributed by atoms with Crippen LogP contribution in [0.1, 0.15) is 46.0 Å². The lowest BCUT2D eigenvalue weighted by atomic mass is 10.00. The Hall–Kier alpha value is -0.830. The maximum Gasteiger partial charge on any atom is 0.303 e. The van der Waals surface area contributed by atoms with Gasteiger partial charge in [0.05, 0.1) is 0 Å². The van der Waals surface area contributed by atoms with Gasteiger partial charge in [-0.25, -0.2) is 0 Å². The zero-order valence-corrected chi connectivity index (χ0v) is 10.4. The summed E-state index contributed by atoms with van der Waals surface area (Å²) in [7, 11) is 0. The fraction of sp³-hybridized carbons (Fsp3) is 0.769. The SMILES string of the molecule is CC(C)N(CCCC(=O)O)C1C=CCCC1. The van der Waals surface area contributed by atoms with Gasteiger partial charge in [0, 0.05) is 18.5 Å². The van der Waals surface area contributed by atoms with E-state index in [0.717, 1.165) is 13.0 Å². The molecule has 0 spiro atoms. The van der Waals surface area contributed by atoms with Gasteiger partial charge in [-0.05, 0) is 46.1 Å². The van der Waals surface area contributed by atoms with Crippen molar-refractivity contribution in [2.75, 3.05) is 6.54 Å². The number of allylic oxidation sites excluding steroid dienone is 1. The van der Waals surface area contributed by atoms with E-state index in [1.54, 1.807) is 0 Å². The quantitative estimate of drug-likeness (QED) is 0.706. The zero-order valence-electron chi connectivity index (χ0n) is 10.4. The van der Waals surface area contributed by atoms with Gasteiger partial charge in [0.1, 0.15) is 0 Å². The predicted molar refractivity (Wildman–Crippen MR) is 65.5 cm³/mol. The van der Waals surface area contributed by atoms with Crippen LogP contribution < -0.4 is 0 Å². The van der Waals surface area contributed by atoms with Crippen LogP contribution in [0.2, 0.25) is 0 Å². The summed E-state index contributed by atoms with van der Waals surface area (Å²) in [6.45, 7) is 5.26. The van der Waals surface area contributed by atoms with Crippen LogP contribution >= 0.6 is 0 Å². The van der Waals surface area contributed by atoms with Crippen molar-refractivity contribution < 1.29 is 9.90 Å². The zero-order chi connectivity index (χ0) is 12.0. The summed E-state index contributed by atoms with van der Waals surface area (Å²) >= 11 is 0. The molecule has 16 heavy (non-hydrogen) atoms. The number of hydrogen-bond acceptors (Lipinski definition) is 2. The van der Waals surface area contributed by atoms with Crippen LogP contribution in [0.4, 0.5) is 0 Å². The average molecular weight is 225 g/mol. The average Bonchev–Trinajstić information content (AvgIpc) is 2.25. The molecule has 92 valence electrons. The number of carboxylic acids is 1. The number of hydrogen-bond donors (Lipinski definition) is 1. The topological polar surface area (TPSA) is 40.5 Å². The van der Waals surface area contributed by atoms with Crippen LogP contribution in [0.3, 0.4) is 0 Å². The Morgan fingerprint density at radius 2 is 2.31 bits per heavy atom.